The topological polar surface area (TPSA) is 95.5 Å². The summed E-state index contributed by atoms with van der Waals surface area (Å²) in [5.74, 6) is -1.20. The Morgan fingerprint density at radius 3 is 2.45 bits per heavy atom. The molecule has 0 unspecified atom stereocenters. The van der Waals surface area contributed by atoms with E-state index in [1.165, 1.54) is 24.3 Å². The van der Waals surface area contributed by atoms with Crippen molar-refractivity contribution in [1.29, 1.82) is 0 Å². The van der Waals surface area contributed by atoms with E-state index in [2.05, 4.69) is 22.2 Å². The number of benzene rings is 3. The minimum Gasteiger partial charge on any atom is -0.478 e. The lowest BCUT2D eigenvalue weighted by Crippen LogP contribution is -2.29. The van der Waals surface area contributed by atoms with Crippen LogP contribution in [-0.4, -0.2) is 19.5 Å². The van der Waals surface area contributed by atoms with Gasteiger partial charge in [-0.05, 0) is 78.1 Å². The standard InChI is InChI=1S/C25H21FN2O4S/c26-17-8-10-18(11-9-17)28-33(31,32)19-12-13-23-22(14-19)20-2-1-3-21(20)24(27-23)15-4-6-16(7-5-15)25(29)30/h1-2,4-14,20-21,24,27-28H,3H2,(H,29,30)/t20-,21+,24+/m0/s1. The second-order valence-corrected chi connectivity index (χ2v) is 9.95. The first-order valence-electron chi connectivity index (χ1n) is 10.5. The van der Waals surface area contributed by atoms with Gasteiger partial charge in [0.25, 0.3) is 10.0 Å². The fourth-order valence-corrected chi connectivity index (χ4v) is 5.73. The monoisotopic (exact) mass is 464 g/mol. The number of allylic oxidation sites excluding steroid dienone is 2. The van der Waals surface area contributed by atoms with Crippen LogP contribution in [0.1, 0.15) is 39.9 Å². The van der Waals surface area contributed by atoms with Crippen LogP contribution in [0.15, 0.2) is 83.8 Å². The minimum atomic E-state index is -3.85. The second kappa shape index (κ2) is 8.04. The molecule has 0 aromatic heterocycles. The number of hydrogen-bond donors (Lipinski definition) is 3. The maximum Gasteiger partial charge on any atom is 0.335 e. The smallest absolute Gasteiger partial charge is 0.335 e. The number of fused-ring (bicyclic) bond motifs is 3. The third-order valence-electron chi connectivity index (χ3n) is 6.26. The van der Waals surface area contributed by atoms with Crippen molar-refractivity contribution in [2.75, 3.05) is 10.0 Å². The van der Waals surface area contributed by atoms with Crippen molar-refractivity contribution >= 4 is 27.4 Å². The van der Waals surface area contributed by atoms with Crippen molar-refractivity contribution in [2.24, 2.45) is 5.92 Å². The minimum absolute atomic E-state index is 0.0276. The van der Waals surface area contributed by atoms with Gasteiger partial charge in [0.2, 0.25) is 0 Å². The van der Waals surface area contributed by atoms with E-state index in [9.17, 15) is 17.6 Å². The fourth-order valence-electron chi connectivity index (χ4n) is 4.63. The Balaban J connectivity index is 1.46. The average molecular weight is 465 g/mol. The SMILES string of the molecule is O=C(O)c1ccc([C@H]2Nc3ccc(S(=O)(=O)Nc4ccc(F)cc4)cc3[C@H]3C=CC[C@H]32)cc1. The van der Waals surface area contributed by atoms with Crippen LogP contribution in [0.4, 0.5) is 15.8 Å². The third kappa shape index (κ3) is 3.98. The zero-order chi connectivity index (χ0) is 23.2. The molecule has 0 fully saturated rings. The van der Waals surface area contributed by atoms with Crippen LogP contribution >= 0.6 is 0 Å². The highest BCUT2D eigenvalue weighted by atomic mass is 32.2. The zero-order valence-corrected chi connectivity index (χ0v) is 18.2. The lowest BCUT2D eigenvalue weighted by molar-refractivity contribution is 0.0697. The number of hydrogen-bond acceptors (Lipinski definition) is 4. The number of rotatable bonds is 5. The fraction of sp³-hybridized carbons (Fsp3) is 0.160. The van der Waals surface area contributed by atoms with Crippen molar-refractivity contribution < 1.29 is 22.7 Å². The van der Waals surface area contributed by atoms with Gasteiger partial charge in [0.15, 0.2) is 0 Å². The summed E-state index contributed by atoms with van der Waals surface area (Å²) in [6.45, 7) is 0. The zero-order valence-electron chi connectivity index (χ0n) is 17.4. The van der Waals surface area contributed by atoms with Crippen LogP contribution < -0.4 is 10.0 Å². The Hall–Kier alpha value is -3.65. The molecular weight excluding hydrogens is 443 g/mol. The number of anilines is 2. The van der Waals surface area contributed by atoms with Gasteiger partial charge < -0.3 is 10.4 Å². The highest BCUT2D eigenvalue weighted by Gasteiger charge is 2.38. The summed E-state index contributed by atoms with van der Waals surface area (Å²) >= 11 is 0. The number of sulfonamides is 1. The predicted octanol–water partition coefficient (Wildman–Crippen LogP) is 5.15. The van der Waals surface area contributed by atoms with E-state index < -0.39 is 21.8 Å². The molecule has 1 aliphatic heterocycles. The Labute approximate surface area is 190 Å². The molecule has 3 aromatic rings. The first-order valence-corrected chi connectivity index (χ1v) is 12.0. The second-order valence-electron chi connectivity index (χ2n) is 8.26. The van der Waals surface area contributed by atoms with Gasteiger partial charge in [-0.3, -0.25) is 4.72 Å². The van der Waals surface area contributed by atoms with Gasteiger partial charge in [-0.2, -0.15) is 0 Å². The van der Waals surface area contributed by atoms with Gasteiger partial charge in [0, 0.05) is 17.3 Å². The molecule has 5 rings (SSSR count). The van der Waals surface area contributed by atoms with Gasteiger partial charge in [0.05, 0.1) is 16.5 Å². The maximum absolute atomic E-state index is 13.1. The maximum atomic E-state index is 13.1. The molecule has 0 amide bonds. The number of carbonyl (C=O) groups is 1. The van der Waals surface area contributed by atoms with Crippen LogP contribution in [0.3, 0.4) is 0 Å². The first-order chi connectivity index (χ1) is 15.8. The molecule has 0 radical (unpaired) electrons. The number of nitrogens with one attached hydrogen (secondary N) is 2. The molecule has 3 N–H and O–H groups in total. The first kappa shape index (κ1) is 21.2. The molecule has 0 bridgehead atoms. The lowest BCUT2D eigenvalue weighted by Gasteiger charge is -2.37. The molecule has 6 nitrogen and oxygen atoms in total. The van der Waals surface area contributed by atoms with Gasteiger partial charge in [-0.25, -0.2) is 17.6 Å². The summed E-state index contributed by atoms with van der Waals surface area (Å²) in [5.41, 5.74) is 3.25. The summed E-state index contributed by atoms with van der Waals surface area (Å²) in [7, 11) is -3.85. The van der Waals surface area contributed by atoms with Crippen molar-refractivity contribution in [2.45, 2.75) is 23.3 Å². The normalized spacial score (nSPS) is 21.1. The van der Waals surface area contributed by atoms with Gasteiger partial charge >= 0.3 is 5.97 Å². The van der Waals surface area contributed by atoms with Crippen LogP contribution in [-0.2, 0) is 10.0 Å². The molecule has 3 atom stereocenters. The number of carboxylic acid groups (broad SMARTS) is 1. The van der Waals surface area contributed by atoms with Gasteiger partial charge in [-0.15, -0.1) is 0 Å². The van der Waals surface area contributed by atoms with Gasteiger partial charge in [0.1, 0.15) is 5.82 Å². The molecule has 2 aliphatic rings. The van der Waals surface area contributed by atoms with E-state index in [-0.39, 0.29) is 34.0 Å². The molecule has 0 saturated carbocycles. The van der Waals surface area contributed by atoms with Crippen LogP contribution in [0.2, 0.25) is 0 Å². The molecule has 1 aliphatic carbocycles. The molecule has 33 heavy (non-hydrogen) atoms. The van der Waals surface area contributed by atoms with Crippen molar-refractivity contribution in [3.8, 4) is 0 Å². The molecular formula is C25H21FN2O4S. The van der Waals surface area contributed by atoms with E-state index in [4.69, 9.17) is 5.11 Å². The van der Waals surface area contributed by atoms with Crippen molar-refractivity contribution in [3.63, 3.8) is 0 Å². The van der Waals surface area contributed by atoms with E-state index >= 15 is 0 Å². The molecule has 3 aromatic carbocycles. The summed E-state index contributed by atoms with van der Waals surface area (Å²) in [6, 6.07) is 17.0. The number of carboxylic acids is 1. The molecule has 0 saturated heterocycles. The number of aromatic carboxylic acids is 1. The Bertz CT molecular complexity index is 1350. The molecule has 1 heterocycles. The molecule has 168 valence electrons. The predicted molar refractivity (Wildman–Crippen MR) is 123 cm³/mol. The Morgan fingerprint density at radius 1 is 1.03 bits per heavy atom. The summed E-state index contributed by atoms with van der Waals surface area (Å²) in [6.07, 6.45) is 5.03. The van der Waals surface area contributed by atoms with E-state index in [1.807, 2.05) is 12.1 Å². The van der Waals surface area contributed by atoms with Crippen molar-refractivity contribution in [1.82, 2.24) is 0 Å². The third-order valence-corrected chi connectivity index (χ3v) is 7.64. The van der Waals surface area contributed by atoms with E-state index in [0.717, 1.165) is 23.2 Å². The summed E-state index contributed by atoms with van der Waals surface area (Å²) < 4.78 is 41.5. The highest BCUT2D eigenvalue weighted by molar-refractivity contribution is 7.92. The quantitative estimate of drug-likeness (QED) is 0.454. The summed E-state index contributed by atoms with van der Waals surface area (Å²) in [4.78, 5) is 11.3. The number of halogens is 1. The van der Waals surface area contributed by atoms with Crippen LogP contribution in [0.5, 0.6) is 0 Å². The van der Waals surface area contributed by atoms with E-state index in [0.29, 0.717) is 0 Å². The lowest BCUT2D eigenvalue weighted by atomic mass is 9.77. The van der Waals surface area contributed by atoms with Gasteiger partial charge in [-0.1, -0.05) is 24.3 Å². The van der Waals surface area contributed by atoms with Crippen LogP contribution in [0, 0.1) is 11.7 Å². The molecule has 8 heteroatoms. The Kier molecular flexibility index (Phi) is 5.17. The van der Waals surface area contributed by atoms with E-state index in [1.54, 1.807) is 30.3 Å². The Morgan fingerprint density at radius 2 is 1.76 bits per heavy atom. The largest absolute Gasteiger partial charge is 0.478 e. The molecule has 0 spiro atoms. The average Bonchev–Trinajstić information content (AvgIpc) is 3.30. The summed E-state index contributed by atoms with van der Waals surface area (Å²) in [5, 5.41) is 12.7. The highest BCUT2D eigenvalue weighted by Crippen LogP contribution is 2.50. The van der Waals surface area contributed by atoms with Crippen LogP contribution in [0.25, 0.3) is 0 Å². The van der Waals surface area contributed by atoms with Crippen molar-refractivity contribution in [3.05, 3.63) is 101 Å².